The number of benzene rings is 1. The van der Waals surface area contributed by atoms with Gasteiger partial charge in [-0.1, -0.05) is 0 Å². The zero-order valence-electron chi connectivity index (χ0n) is 16.0. The number of aromatic amines is 2. The Morgan fingerprint density at radius 2 is 1.89 bits per heavy atom. The molecule has 3 aromatic rings. The molecule has 3 fully saturated rings. The SMILES string of the molecule is CN(C)CCc1nc2c(ccc3[nH]cc(C4CN5CCC4CC5)c32)[nH]1.Cl.Cl. The summed E-state index contributed by atoms with van der Waals surface area (Å²) in [6.45, 7) is 4.81. The molecule has 3 aliphatic rings. The van der Waals surface area contributed by atoms with Gasteiger partial charge >= 0.3 is 0 Å². The Morgan fingerprint density at radius 3 is 2.56 bits per heavy atom. The molecule has 1 unspecified atom stereocenters. The third-order valence-electron chi connectivity index (χ3n) is 6.23. The summed E-state index contributed by atoms with van der Waals surface area (Å²) >= 11 is 0. The van der Waals surface area contributed by atoms with Crippen molar-refractivity contribution in [1.82, 2.24) is 24.8 Å². The molecule has 2 aromatic heterocycles. The van der Waals surface area contributed by atoms with E-state index in [1.807, 2.05) is 0 Å². The molecule has 5 nitrogen and oxygen atoms in total. The van der Waals surface area contributed by atoms with Gasteiger partial charge in [0.1, 0.15) is 5.82 Å². The number of nitrogens with zero attached hydrogens (tertiary/aromatic N) is 3. The van der Waals surface area contributed by atoms with Crippen LogP contribution in [0.25, 0.3) is 21.9 Å². The third-order valence-corrected chi connectivity index (χ3v) is 6.23. The summed E-state index contributed by atoms with van der Waals surface area (Å²) in [6.07, 6.45) is 5.91. The molecule has 3 aliphatic heterocycles. The second kappa shape index (κ2) is 8.00. The Labute approximate surface area is 172 Å². The topological polar surface area (TPSA) is 51.0 Å². The number of aromatic nitrogens is 3. The summed E-state index contributed by atoms with van der Waals surface area (Å²) in [5, 5.41) is 1.35. The van der Waals surface area contributed by atoms with Crippen molar-refractivity contribution in [3.8, 4) is 0 Å². The molecule has 2 N–H and O–H groups in total. The van der Waals surface area contributed by atoms with Crippen LogP contribution < -0.4 is 0 Å². The molecule has 6 rings (SSSR count). The first-order valence-electron chi connectivity index (χ1n) is 9.54. The highest BCUT2D eigenvalue weighted by Gasteiger charge is 2.36. The zero-order valence-corrected chi connectivity index (χ0v) is 17.6. The Bertz CT molecular complexity index is 908. The average molecular weight is 410 g/mol. The van der Waals surface area contributed by atoms with Gasteiger partial charge in [-0.3, -0.25) is 0 Å². The molecule has 1 atom stereocenters. The van der Waals surface area contributed by atoms with Gasteiger partial charge in [-0.05, 0) is 63.6 Å². The lowest BCUT2D eigenvalue weighted by Gasteiger charge is -2.44. The molecule has 5 heterocycles. The first-order valence-corrected chi connectivity index (χ1v) is 9.54. The summed E-state index contributed by atoms with van der Waals surface area (Å²) in [4.78, 5) is 16.9. The monoisotopic (exact) mass is 409 g/mol. The van der Waals surface area contributed by atoms with Crippen molar-refractivity contribution in [2.45, 2.75) is 25.2 Å². The molecule has 0 aliphatic carbocycles. The number of halogens is 2. The molecular weight excluding hydrogens is 381 g/mol. The van der Waals surface area contributed by atoms with E-state index in [9.17, 15) is 0 Å². The second-order valence-electron chi connectivity index (χ2n) is 8.11. The van der Waals surface area contributed by atoms with Crippen molar-refractivity contribution in [2.75, 3.05) is 40.3 Å². The van der Waals surface area contributed by atoms with Crippen LogP contribution in [0.15, 0.2) is 18.3 Å². The van der Waals surface area contributed by atoms with Crippen molar-refractivity contribution in [1.29, 1.82) is 0 Å². The summed E-state index contributed by atoms with van der Waals surface area (Å²) in [5.74, 6) is 2.59. The minimum Gasteiger partial charge on any atom is -0.361 e. The first kappa shape index (κ1) is 20.5. The number of imidazole rings is 1. The fraction of sp³-hybridized carbons (Fsp3) is 0.550. The van der Waals surface area contributed by atoms with Crippen LogP contribution in [0, 0.1) is 5.92 Å². The van der Waals surface area contributed by atoms with Gasteiger partial charge in [-0.2, -0.15) is 0 Å². The fourth-order valence-corrected chi connectivity index (χ4v) is 4.82. The molecule has 1 aromatic carbocycles. The number of hydrogen-bond donors (Lipinski definition) is 2. The second-order valence-corrected chi connectivity index (χ2v) is 8.11. The van der Waals surface area contributed by atoms with E-state index < -0.39 is 0 Å². The number of fused-ring (bicyclic) bond motifs is 6. The van der Waals surface area contributed by atoms with E-state index in [0.717, 1.165) is 30.2 Å². The van der Waals surface area contributed by atoms with Gasteiger partial charge in [-0.25, -0.2) is 4.98 Å². The molecule has 3 saturated heterocycles. The zero-order chi connectivity index (χ0) is 17.0. The summed E-state index contributed by atoms with van der Waals surface area (Å²) in [6, 6.07) is 4.37. The van der Waals surface area contributed by atoms with Crippen LogP contribution in [-0.4, -0.2) is 65.0 Å². The average Bonchev–Trinajstić information content (AvgIpc) is 3.24. The van der Waals surface area contributed by atoms with Gasteiger partial charge in [0, 0.05) is 42.5 Å². The fourth-order valence-electron chi connectivity index (χ4n) is 4.82. The minimum absolute atomic E-state index is 0. The Morgan fingerprint density at radius 1 is 1.15 bits per heavy atom. The van der Waals surface area contributed by atoms with Gasteiger partial charge in [-0.15, -0.1) is 24.8 Å². The van der Waals surface area contributed by atoms with Crippen LogP contribution in [0.5, 0.6) is 0 Å². The van der Waals surface area contributed by atoms with Crippen molar-refractivity contribution < 1.29 is 0 Å². The number of likely N-dealkylation sites (N-methyl/N-ethyl adjacent to an activating group) is 1. The third kappa shape index (κ3) is 3.58. The van der Waals surface area contributed by atoms with Crippen LogP contribution in [0.4, 0.5) is 0 Å². The van der Waals surface area contributed by atoms with E-state index in [1.165, 1.54) is 54.5 Å². The Hall–Kier alpha value is -1.27. The maximum Gasteiger partial charge on any atom is 0.108 e. The quantitative estimate of drug-likeness (QED) is 0.688. The lowest BCUT2D eigenvalue weighted by molar-refractivity contribution is 0.0877. The van der Waals surface area contributed by atoms with Gasteiger partial charge in [0.2, 0.25) is 0 Å². The Balaban J connectivity index is 0.00000105. The number of rotatable bonds is 4. The maximum absolute atomic E-state index is 4.99. The van der Waals surface area contributed by atoms with Crippen molar-refractivity contribution in [3.05, 3.63) is 29.7 Å². The maximum atomic E-state index is 4.99. The smallest absolute Gasteiger partial charge is 0.108 e. The van der Waals surface area contributed by atoms with E-state index >= 15 is 0 Å². The van der Waals surface area contributed by atoms with Gasteiger partial charge in [0.05, 0.1) is 11.0 Å². The molecule has 148 valence electrons. The largest absolute Gasteiger partial charge is 0.361 e. The molecule has 0 amide bonds. The van der Waals surface area contributed by atoms with Crippen LogP contribution in [0.2, 0.25) is 0 Å². The highest BCUT2D eigenvalue weighted by molar-refractivity contribution is 6.05. The highest BCUT2D eigenvalue weighted by atomic mass is 35.5. The van der Waals surface area contributed by atoms with E-state index in [-0.39, 0.29) is 24.8 Å². The predicted molar refractivity (Wildman–Crippen MR) is 117 cm³/mol. The first-order chi connectivity index (χ1) is 12.2. The Kier molecular flexibility index (Phi) is 6.06. The molecule has 0 saturated carbocycles. The number of H-pyrrole nitrogens is 2. The molecule has 27 heavy (non-hydrogen) atoms. The summed E-state index contributed by atoms with van der Waals surface area (Å²) in [5.41, 5.74) is 5.03. The standard InChI is InChI=1S/C20H27N5.2ClH/c1-24(2)8-7-18-22-17-4-3-16-19(20(17)23-18)14(11-21-16)15-12-25-9-5-13(15)6-10-25;;/h3-4,11,13,15,21H,5-10,12H2,1-2H3,(H,22,23);2*1H. The van der Waals surface area contributed by atoms with E-state index in [1.54, 1.807) is 0 Å². The van der Waals surface area contributed by atoms with Crippen molar-refractivity contribution >= 4 is 46.8 Å². The van der Waals surface area contributed by atoms with Crippen LogP contribution in [-0.2, 0) is 6.42 Å². The highest BCUT2D eigenvalue weighted by Crippen LogP contribution is 2.42. The van der Waals surface area contributed by atoms with Gasteiger partial charge in [0.25, 0.3) is 0 Å². The van der Waals surface area contributed by atoms with Crippen LogP contribution in [0.3, 0.4) is 0 Å². The molecule has 2 bridgehead atoms. The normalized spacial score (nSPS) is 24.3. The lowest BCUT2D eigenvalue weighted by atomic mass is 9.75. The van der Waals surface area contributed by atoms with E-state index in [0.29, 0.717) is 5.92 Å². The van der Waals surface area contributed by atoms with Crippen LogP contribution >= 0.6 is 24.8 Å². The van der Waals surface area contributed by atoms with Crippen molar-refractivity contribution in [2.24, 2.45) is 5.92 Å². The number of piperidine rings is 3. The summed E-state index contributed by atoms with van der Waals surface area (Å²) < 4.78 is 0. The lowest BCUT2D eigenvalue weighted by Crippen LogP contribution is -2.46. The molecular formula is C20H29Cl2N5. The predicted octanol–water partition coefficient (Wildman–Crippen LogP) is 3.80. The van der Waals surface area contributed by atoms with Crippen LogP contribution in [0.1, 0.15) is 30.1 Å². The van der Waals surface area contributed by atoms with E-state index in [2.05, 4.69) is 52.2 Å². The number of hydrogen-bond acceptors (Lipinski definition) is 3. The van der Waals surface area contributed by atoms with Crippen molar-refractivity contribution in [3.63, 3.8) is 0 Å². The number of nitrogens with one attached hydrogen (secondary N) is 2. The van der Waals surface area contributed by atoms with E-state index in [4.69, 9.17) is 4.98 Å². The van der Waals surface area contributed by atoms with Gasteiger partial charge in [0.15, 0.2) is 0 Å². The minimum atomic E-state index is 0. The molecule has 0 radical (unpaired) electrons. The summed E-state index contributed by atoms with van der Waals surface area (Å²) in [7, 11) is 4.22. The molecule has 0 spiro atoms. The molecule has 7 heteroatoms. The van der Waals surface area contributed by atoms with Gasteiger partial charge < -0.3 is 19.8 Å².